The predicted octanol–water partition coefficient (Wildman–Crippen LogP) is 2.40. The zero-order valence-corrected chi connectivity index (χ0v) is 13.8. The van der Waals surface area contributed by atoms with Crippen molar-refractivity contribution in [1.29, 1.82) is 0 Å². The lowest BCUT2D eigenvalue weighted by atomic mass is 9.98. The molecule has 2 fully saturated rings. The number of anilines is 1. The molecule has 1 aliphatic carbocycles. The minimum absolute atomic E-state index is 0.0634. The maximum atomic E-state index is 12.7. The first kappa shape index (κ1) is 15.2. The van der Waals surface area contributed by atoms with Crippen molar-refractivity contribution in [1.82, 2.24) is 25.1 Å². The monoisotopic (exact) mass is 330 g/mol. The van der Waals surface area contributed by atoms with Crippen LogP contribution in [0.25, 0.3) is 0 Å². The lowest BCUT2D eigenvalue weighted by Crippen LogP contribution is -2.43. The number of rotatable bonds is 4. The molecule has 4 rings (SSSR count). The molecule has 8 heteroatoms. The number of piperidine rings is 1. The molecule has 128 valence electrons. The molecule has 0 spiro atoms. The second-order valence-corrected chi connectivity index (χ2v) is 6.79. The Bertz CT molecular complexity index is 706. The number of carbonyl (C=O) groups excluding carboxylic acids is 1. The van der Waals surface area contributed by atoms with Crippen molar-refractivity contribution >= 4 is 11.7 Å². The fourth-order valence-corrected chi connectivity index (χ4v) is 3.34. The molecule has 1 atom stereocenters. The van der Waals surface area contributed by atoms with E-state index in [2.05, 4.69) is 20.8 Å². The molecule has 0 bridgehead atoms. The molecular formula is C16H22N6O2. The molecule has 8 nitrogen and oxygen atoms in total. The van der Waals surface area contributed by atoms with Crippen molar-refractivity contribution < 1.29 is 9.32 Å². The predicted molar refractivity (Wildman–Crippen MR) is 86.6 cm³/mol. The summed E-state index contributed by atoms with van der Waals surface area (Å²) in [7, 11) is 0. The Morgan fingerprint density at radius 1 is 1.42 bits per heavy atom. The smallest absolute Gasteiger partial charge is 0.322 e. The number of hydrogen-bond acceptors (Lipinski definition) is 5. The molecule has 2 amide bonds. The average molecular weight is 330 g/mol. The van der Waals surface area contributed by atoms with Gasteiger partial charge in [-0.3, -0.25) is 4.68 Å². The lowest BCUT2D eigenvalue weighted by Gasteiger charge is -2.32. The van der Waals surface area contributed by atoms with Crippen LogP contribution in [0.1, 0.15) is 43.1 Å². The van der Waals surface area contributed by atoms with Gasteiger partial charge in [0, 0.05) is 31.7 Å². The van der Waals surface area contributed by atoms with E-state index in [9.17, 15) is 4.79 Å². The molecule has 0 radical (unpaired) electrons. The van der Waals surface area contributed by atoms with Crippen LogP contribution in [-0.4, -0.2) is 44.2 Å². The number of aryl methyl sites for hydroxylation is 1. The molecule has 1 aliphatic heterocycles. The van der Waals surface area contributed by atoms with Gasteiger partial charge in [-0.1, -0.05) is 10.4 Å². The highest BCUT2D eigenvalue weighted by molar-refractivity contribution is 5.90. The Labute approximate surface area is 140 Å². The van der Waals surface area contributed by atoms with Gasteiger partial charge in [0.25, 0.3) is 0 Å². The van der Waals surface area contributed by atoms with Crippen molar-refractivity contribution in [3.05, 3.63) is 23.8 Å². The van der Waals surface area contributed by atoms with E-state index >= 15 is 0 Å². The number of urea groups is 1. The second kappa shape index (κ2) is 6.26. The molecule has 3 heterocycles. The van der Waals surface area contributed by atoms with Crippen LogP contribution in [0.4, 0.5) is 10.5 Å². The number of likely N-dealkylation sites (tertiary alicyclic amines) is 1. The molecule has 1 N–H and O–H groups in total. The molecule has 1 saturated carbocycles. The molecule has 2 aromatic heterocycles. The van der Waals surface area contributed by atoms with Gasteiger partial charge in [-0.05, 0) is 38.5 Å². The summed E-state index contributed by atoms with van der Waals surface area (Å²) in [5.74, 6) is 1.65. The third kappa shape index (κ3) is 3.13. The third-order valence-electron chi connectivity index (χ3n) is 4.79. The zero-order valence-electron chi connectivity index (χ0n) is 13.8. The first-order valence-electron chi connectivity index (χ1n) is 8.57. The Balaban J connectivity index is 1.40. The summed E-state index contributed by atoms with van der Waals surface area (Å²) in [6, 6.07) is -0.0634. The van der Waals surface area contributed by atoms with E-state index in [4.69, 9.17) is 4.52 Å². The Hall–Kier alpha value is -2.38. The van der Waals surface area contributed by atoms with Crippen molar-refractivity contribution in [2.75, 3.05) is 18.4 Å². The van der Waals surface area contributed by atoms with E-state index in [0.717, 1.165) is 62.5 Å². The lowest BCUT2D eigenvalue weighted by molar-refractivity contribution is 0.168. The van der Waals surface area contributed by atoms with Crippen LogP contribution in [0.2, 0.25) is 0 Å². The molecule has 0 aromatic carbocycles. The highest BCUT2D eigenvalue weighted by Gasteiger charge is 2.33. The zero-order chi connectivity index (χ0) is 16.5. The van der Waals surface area contributed by atoms with Crippen molar-refractivity contribution in [3.63, 3.8) is 0 Å². The SMILES string of the molecule is Cc1noc(C2CC2)c1NC(=O)N1CCCC(Cn2ccnn2)C1. The fourth-order valence-electron chi connectivity index (χ4n) is 3.34. The van der Waals surface area contributed by atoms with Gasteiger partial charge in [-0.15, -0.1) is 5.10 Å². The summed E-state index contributed by atoms with van der Waals surface area (Å²) in [6.45, 7) is 4.18. The largest absolute Gasteiger partial charge is 0.359 e. The molecule has 24 heavy (non-hydrogen) atoms. The number of hydrogen-bond donors (Lipinski definition) is 1. The topological polar surface area (TPSA) is 89.1 Å². The van der Waals surface area contributed by atoms with Crippen LogP contribution in [-0.2, 0) is 6.54 Å². The number of aromatic nitrogens is 4. The molecule has 1 saturated heterocycles. The van der Waals surface area contributed by atoms with Crippen LogP contribution in [0.15, 0.2) is 16.9 Å². The number of amides is 2. The van der Waals surface area contributed by atoms with Gasteiger partial charge in [0.05, 0.1) is 6.20 Å². The maximum Gasteiger partial charge on any atom is 0.322 e. The number of carbonyl (C=O) groups is 1. The minimum atomic E-state index is -0.0634. The van der Waals surface area contributed by atoms with E-state index in [-0.39, 0.29) is 6.03 Å². The van der Waals surface area contributed by atoms with Crippen LogP contribution < -0.4 is 5.32 Å². The van der Waals surface area contributed by atoms with Gasteiger partial charge in [-0.2, -0.15) is 0 Å². The van der Waals surface area contributed by atoms with Crippen molar-refractivity contribution in [3.8, 4) is 0 Å². The fraction of sp³-hybridized carbons (Fsp3) is 0.625. The van der Waals surface area contributed by atoms with Crippen molar-refractivity contribution in [2.24, 2.45) is 5.92 Å². The van der Waals surface area contributed by atoms with E-state index in [1.165, 1.54) is 0 Å². The molecular weight excluding hydrogens is 308 g/mol. The average Bonchev–Trinajstić information content (AvgIpc) is 3.19. The van der Waals surface area contributed by atoms with Gasteiger partial charge in [0.2, 0.25) is 0 Å². The molecule has 2 aromatic rings. The van der Waals surface area contributed by atoms with Gasteiger partial charge in [0.15, 0.2) is 5.76 Å². The Kier molecular flexibility index (Phi) is 3.95. The Morgan fingerprint density at radius 2 is 2.29 bits per heavy atom. The minimum Gasteiger partial charge on any atom is -0.359 e. The quantitative estimate of drug-likeness (QED) is 0.930. The summed E-state index contributed by atoms with van der Waals surface area (Å²) >= 11 is 0. The first-order valence-corrected chi connectivity index (χ1v) is 8.57. The summed E-state index contributed by atoms with van der Waals surface area (Å²) in [5.41, 5.74) is 1.52. The standard InChI is InChI=1S/C16H22N6O2/c1-11-14(15(24-19-11)13-4-5-13)18-16(23)21-7-2-3-12(9-21)10-22-8-6-17-20-22/h6,8,12-13H,2-5,7,9-10H2,1H3,(H,18,23). The van der Waals surface area contributed by atoms with Gasteiger partial charge < -0.3 is 14.7 Å². The molecule has 1 unspecified atom stereocenters. The van der Waals surface area contributed by atoms with Crippen LogP contribution in [0.3, 0.4) is 0 Å². The van der Waals surface area contributed by atoms with Gasteiger partial charge in [0.1, 0.15) is 11.4 Å². The van der Waals surface area contributed by atoms with Crippen LogP contribution in [0.5, 0.6) is 0 Å². The highest BCUT2D eigenvalue weighted by atomic mass is 16.5. The number of nitrogens with one attached hydrogen (secondary N) is 1. The normalized spacial score (nSPS) is 21.0. The maximum absolute atomic E-state index is 12.7. The summed E-state index contributed by atoms with van der Waals surface area (Å²) in [4.78, 5) is 14.6. The highest BCUT2D eigenvalue weighted by Crippen LogP contribution is 2.44. The second-order valence-electron chi connectivity index (χ2n) is 6.79. The van der Waals surface area contributed by atoms with E-state index < -0.39 is 0 Å². The Morgan fingerprint density at radius 3 is 3.04 bits per heavy atom. The third-order valence-corrected chi connectivity index (χ3v) is 4.79. The van der Waals surface area contributed by atoms with Gasteiger partial charge >= 0.3 is 6.03 Å². The first-order chi connectivity index (χ1) is 11.7. The van der Waals surface area contributed by atoms with E-state index in [1.54, 1.807) is 6.20 Å². The van der Waals surface area contributed by atoms with Crippen LogP contribution in [0, 0.1) is 12.8 Å². The van der Waals surface area contributed by atoms with E-state index in [0.29, 0.717) is 11.8 Å². The summed E-state index contributed by atoms with van der Waals surface area (Å²) < 4.78 is 7.23. The number of nitrogens with zero attached hydrogens (tertiary/aromatic N) is 5. The molecule has 2 aliphatic rings. The van der Waals surface area contributed by atoms with Gasteiger partial charge in [-0.25, -0.2) is 4.79 Å². The van der Waals surface area contributed by atoms with Crippen molar-refractivity contribution in [2.45, 2.75) is 45.1 Å². The van der Waals surface area contributed by atoms with E-state index in [1.807, 2.05) is 22.7 Å². The summed E-state index contributed by atoms with van der Waals surface area (Å²) in [6.07, 6.45) is 7.87. The summed E-state index contributed by atoms with van der Waals surface area (Å²) in [5, 5.41) is 14.9. The van der Waals surface area contributed by atoms with Crippen LogP contribution >= 0.6 is 0 Å².